The number of aryl methyl sites for hydroxylation is 1. The molecule has 1 heterocycles. The third-order valence-electron chi connectivity index (χ3n) is 1.88. The number of rotatable bonds is 5. The van der Waals surface area contributed by atoms with E-state index in [1.54, 1.807) is 11.3 Å². The first-order chi connectivity index (χ1) is 7.61. The second-order valence-corrected chi connectivity index (χ2v) is 4.36. The highest BCUT2D eigenvalue weighted by Crippen LogP contribution is 2.16. The summed E-state index contributed by atoms with van der Waals surface area (Å²) in [6.45, 7) is 2.51. The van der Waals surface area contributed by atoms with Crippen molar-refractivity contribution in [2.45, 2.75) is 19.9 Å². The van der Waals surface area contributed by atoms with Crippen LogP contribution in [0.15, 0.2) is 24.3 Å². The van der Waals surface area contributed by atoms with Crippen molar-refractivity contribution in [2.75, 3.05) is 0 Å². The summed E-state index contributed by atoms with van der Waals surface area (Å²) >= 11 is 1.64. The van der Waals surface area contributed by atoms with Crippen LogP contribution in [0, 0.1) is 0 Å². The Morgan fingerprint density at radius 3 is 2.62 bits per heavy atom. The summed E-state index contributed by atoms with van der Waals surface area (Å²) < 4.78 is 0. The molecule has 0 bridgehead atoms. The van der Waals surface area contributed by atoms with Gasteiger partial charge in [-0.05, 0) is 18.6 Å². The summed E-state index contributed by atoms with van der Waals surface area (Å²) in [5.74, 6) is -1.52. The summed E-state index contributed by atoms with van der Waals surface area (Å²) in [6.07, 6.45) is 2.81. The Hall–Kier alpha value is -1.62. The highest BCUT2D eigenvalue weighted by molar-refractivity contribution is 7.11. The fourth-order valence-corrected chi connectivity index (χ4v) is 1.99. The second-order valence-electron chi connectivity index (χ2n) is 3.11. The maximum Gasteiger partial charge on any atom is 0.328 e. The number of aliphatic carboxylic acids is 1. The van der Waals surface area contributed by atoms with E-state index in [-0.39, 0.29) is 0 Å². The highest BCUT2D eigenvalue weighted by Gasteiger charge is 2.00. The molecule has 0 radical (unpaired) electrons. The van der Waals surface area contributed by atoms with Crippen LogP contribution in [0.25, 0.3) is 0 Å². The standard InChI is InChI=1S/C11H13NO3S/c1-2-8-3-4-9(16-8)7-12-10(13)5-6-11(14)15/h3-6H,2,7H2,1H3,(H,12,13)(H,14,15)/b6-5+. The number of carboxylic acids is 1. The van der Waals surface area contributed by atoms with Gasteiger partial charge in [0.05, 0.1) is 6.54 Å². The average Bonchev–Trinajstić information content (AvgIpc) is 2.71. The molecule has 0 saturated carbocycles. The third-order valence-corrected chi connectivity index (χ3v) is 3.11. The van der Waals surface area contributed by atoms with E-state index < -0.39 is 11.9 Å². The number of hydrogen-bond donors (Lipinski definition) is 2. The van der Waals surface area contributed by atoms with E-state index >= 15 is 0 Å². The van der Waals surface area contributed by atoms with Crippen LogP contribution in [0.3, 0.4) is 0 Å². The molecule has 1 rings (SSSR count). The molecule has 0 aliphatic rings. The van der Waals surface area contributed by atoms with Crippen molar-refractivity contribution < 1.29 is 14.7 Å². The van der Waals surface area contributed by atoms with Crippen LogP contribution in [0.5, 0.6) is 0 Å². The Kier molecular flexibility index (Phi) is 4.72. The molecule has 16 heavy (non-hydrogen) atoms. The van der Waals surface area contributed by atoms with Gasteiger partial charge in [-0.25, -0.2) is 4.79 Å². The lowest BCUT2D eigenvalue weighted by Crippen LogP contribution is -2.19. The van der Waals surface area contributed by atoms with Gasteiger partial charge in [0.15, 0.2) is 0 Å². The van der Waals surface area contributed by atoms with Gasteiger partial charge in [-0.1, -0.05) is 6.92 Å². The number of carboxylic acid groups (broad SMARTS) is 1. The summed E-state index contributed by atoms with van der Waals surface area (Å²) in [7, 11) is 0. The first kappa shape index (κ1) is 12.4. The van der Waals surface area contributed by atoms with Crippen LogP contribution in [-0.2, 0) is 22.6 Å². The SMILES string of the molecule is CCc1ccc(CNC(=O)/C=C/C(=O)O)s1. The maximum absolute atomic E-state index is 11.1. The molecule has 5 heteroatoms. The van der Waals surface area contributed by atoms with Gasteiger partial charge in [0.25, 0.3) is 0 Å². The zero-order valence-electron chi connectivity index (χ0n) is 8.90. The highest BCUT2D eigenvalue weighted by atomic mass is 32.1. The molecule has 86 valence electrons. The monoisotopic (exact) mass is 239 g/mol. The minimum Gasteiger partial charge on any atom is -0.478 e. The van der Waals surface area contributed by atoms with E-state index in [1.807, 2.05) is 12.1 Å². The second kappa shape index (κ2) is 6.07. The Morgan fingerprint density at radius 1 is 1.38 bits per heavy atom. The number of nitrogens with one attached hydrogen (secondary N) is 1. The predicted molar refractivity (Wildman–Crippen MR) is 62.3 cm³/mol. The maximum atomic E-state index is 11.1. The van der Waals surface area contributed by atoms with Gasteiger partial charge in [-0.15, -0.1) is 11.3 Å². The van der Waals surface area contributed by atoms with E-state index in [2.05, 4.69) is 12.2 Å². The summed E-state index contributed by atoms with van der Waals surface area (Å²) in [4.78, 5) is 23.6. The van der Waals surface area contributed by atoms with Crippen LogP contribution in [0.4, 0.5) is 0 Å². The molecule has 1 aromatic rings. The zero-order chi connectivity index (χ0) is 12.0. The van der Waals surface area contributed by atoms with Crippen molar-refractivity contribution in [1.29, 1.82) is 0 Å². The molecule has 0 aliphatic heterocycles. The molecule has 1 amide bonds. The van der Waals surface area contributed by atoms with Gasteiger partial charge in [-0.3, -0.25) is 4.79 Å². The van der Waals surface area contributed by atoms with Crippen molar-refractivity contribution in [3.05, 3.63) is 34.0 Å². The molecule has 0 atom stereocenters. The fraction of sp³-hybridized carbons (Fsp3) is 0.273. The van der Waals surface area contributed by atoms with Crippen molar-refractivity contribution in [3.63, 3.8) is 0 Å². The molecule has 0 saturated heterocycles. The molecule has 0 unspecified atom stereocenters. The van der Waals surface area contributed by atoms with Crippen molar-refractivity contribution >= 4 is 23.2 Å². The van der Waals surface area contributed by atoms with Gasteiger partial charge >= 0.3 is 5.97 Å². The Bertz CT molecular complexity index is 409. The molecular weight excluding hydrogens is 226 g/mol. The minimum atomic E-state index is -1.13. The van der Waals surface area contributed by atoms with Crippen molar-refractivity contribution in [3.8, 4) is 0 Å². The largest absolute Gasteiger partial charge is 0.478 e. The molecule has 4 nitrogen and oxygen atoms in total. The topological polar surface area (TPSA) is 66.4 Å². The quantitative estimate of drug-likeness (QED) is 0.766. The smallest absolute Gasteiger partial charge is 0.328 e. The molecular formula is C11H13NO3S. The number of carbonyl (C=O) groups is 2. The fourth-order valence-electron chi connectivity index (χ4n) is 1.09. The molecule has 1 aromatic heterocycles. The summed E-state index contributed by atoms with van der Waals surface area (Å²) in [5.41, 5.74) is 0. The first-order valence-electron chi connectivity index (χ1n) is 4.88. The zero-order valence-corrected chi connectivity index (χ0v) is 9.71. The van der Waals surface area contributed by atoms with Gasteiger partial charge in [0.1, 0.15) is 0 Å². The van der Waals surface area contributed by atoms with E-state index in [9.17, 15) is 9.59 Å². The van der Waals surface area contributed by atoms with Crippen LogP contribution in [0.2, 0.25) is 0 Å². The van der Waals surface area contributed by atoms with E-state index in [0.29, 0.717) is 6.54 Å². The molecule has 0 spiro atoms. The van der Waals surface area contributed by atoms with Crippen LogP contribution in [-0.4, -0.2) is 17.0 Å². The van der Waals surface area contributed by atoms with Gasteiger partial charge < -0.3 is 10.4 Å². The number of hydrogen-bond acceptors (Lipinski definition) is 3. The third kappa shape index (κ3) is 4.27. The lowest BCUT2D eigenvalue weighted by Gasteiger charge is -1.98. The summed E-state index contributed by atoms with van der Waals surface area (Å²) in [5, 5.41) is 10.9. The molecule has 0 aromatic carbocycles. The lowest BCUT2D eigenvalue weighted by molar-refractivity contribution is -0.131. The predicted octanol–water partition coefficient (Wildman–Crippen LogP) is 1.57. The normalized spacial score (nSPS) is 10.6. The molecule has 0 fully saturated rings. The Morgan fingerprint density at radius 2 is 2.06 bits per heavy atom. The Labute approximate surface area is 97.6 Å². The van der Waals surface area contributed by atoms with Crippen LogP contribution < -0.4 is 5.32 Å². The van der Waals surface area contributed by atoms with E-state index in [1.165, 1.54) is 4.88 Å². The van der Waals surface area contributed by atoms with Gasteiger partial charge in [-0.2, -0.15) is 0 Å². The van der Waals surface area contributed by atoms with Gasteiger partial charge in [0.2, 0.25) is 5.91 Å². The Balaban J connectivity index is 2.39. The minimum absolute atomic E-state index is 0.395. The summed E-state index contributed by atoms with van der Waals surface area (Å²) in [6, 6.07) is 3.99. The number of amides is 1. The number of carbonyl (C=O) groups excluding carboxylic acids is 1. The van der Waals surface area contributed by atoms with Gasteiger partial charge in [0, 0.05) is 21.9 Å². The van der Waals surface area contributed by atoms with Crippen LogP contribution in [0.1, 0.15) is 16.7 Å². The number of thiophene rings is 1. The van der Waals surface area contributed by atoms with Crippen LogP contribution >= 0.6 is 11.3 Å². The van der Waals surface area contributed by atoms with Crippen molar-refractivity contribution in [1.82, 2.24) is 5.32 Å². The van der Waals surface area contributed by atoms with Crippen molar-refractivity contribution in [2.24, 2.45) is 0 Å². The van der Waals surface area contributed by atoms with E-state index in [0.717, 1.165) is 23.5 Å². The lowest BCUT2D eigenvalue weighted by atomic mass is 10.3. The van der Waals surface area contributed by atoms with E-state index in [4.69, 9.17) is 5.11 Å². The average molecular weight is 239 g/mol. The first-order valence-corrected chi connectivity index (χ1v) is 5.70. The molecule has 0 aliphatic carbocycles. The molecule has 2 N–H and O–H groups in total.